The standard InChI is InChI=1S/C23H28N2O2/c1-18-8-6-7-11-21(18)16-22(26)25-14-12-20(13-15-25)23(27)24(2)17-19-9-4-3-5-10-19/h3-11,20H,12-17H2,1-2H3. The van der Waals surface area contributed by atoms with Crippen molar-refractivity contribution in [3.63, 3.8) is 0 Å². The first-order chi connectivity index (χ1) is 13.0. The zero-order chi connectivity index (χ0) is 19.2. The lowest BCUT2D eigenvalue weighted by molar-refractivity contribution is -0.140. The van der Waals surface area contributed by atoms with E-state index in [-0.39, 0.29) is 17.7 Å². The second kappa shape index (κ2) is 8.85. The predicted octanol–water partition coefficient (Wildman–Crippen LogP) is 3.43. The lowest BCUT2D eigenvalue weighted by Crippen LogP contribution is -2.43. The number of benzene rings is 2. The van der Waals surface area contributed by atoms with E-state index < -0.39 is 0 Å². The van der Waals surface area contributed by atoms with Gasteiger partial charge in [0.25, 0.3) is 0 Å². The molecule has 1 fully saturated rings. The molecule has 2 aromatic rings. The van der Waals surface area contributed by atoms with Crippen LogP contribution in [0.1, 0.15) is 29.5 Å². The molecule has 1 aliphatic rings. The maximum Gasteiger partial charge on any atom is 0.226 e. The topological polar surface area (TPSA) is 40.6 Å². The van der Waals surface area contributed by atoms with E-state index >= 15 is 0 Å². The summed E-state index contributed by atoms with van der Waals surface area (Å²) in [6.45, 7) is 4.00. The van der Waals surface area contributed by atoms with Crippen molar-refractivity contribution >= 4 is 11.8 Å². The maximum absolute atomic E-state index is 12.7. The van der Waals surface area contributed by atoms with E-state index in [4.69, 9.17) is 0 Å². The van der Waals surface area contributed by atoms with Crippen molar-refractivity contribution in [3.8, 4) is 0 Å². The molecular weight excluding hydrogens is 336 g/mol. The summed E-state index contributed by atoms with van der Waals surface area (Å²) in [5, 5.41) is 0. The molecular formula is C23H28N2O2. The molecule has 0 saturated carbocycles. The van der Waals surface area contributed by atoms with Crippen molar-refractivity contribution in [3.05, 3.63) is 71.3 Å². The van der Waals surface area contributed by atoms with Crippen LogP contribution in [0.4, 0.5) is 0 Å². The van der Waals surface area contributed by atoms with Gasteiger partial charge >= 0.3 is 0 Å². The lowest BCUT2D eigenvalue weighted by atomic mass is 9.94. The molecule has 3 rings (SSSR count). The van der Waals surface area contributed by atoms with E-state index in [1.54, 1.807) is 0 Å². The minimum Gasteiger partial charge on any atom is -0.342 e. The molecule has 0 unspecified atom stereocenters. The Morgan fingerprint density at radius 2 is 1.63 bits per heavy atom. The van der Waals surface area contributed by atoms with E-state index in [9.17, 15) is 9.59 Å². The number of amides is 2. The van der Waals surface area contributed by atoms with Crippen molar-refractivity contribution in [2.75, 3.05) is 20.1 Å². The molecule has 142 valence electrons. The highest BCUT2D eigenvalue weighted by Crippen LogP contribution is 2.21. The van der Waals surface area contributed by atoms with Crippen LogP contribution in [0.15, 0.2) is 54.6 Å². The van der Waals surface area contributed by atoms with Crippen LogP contribution >= 0.6 is 0 Å². The van der Waals surface area contributed by atoms with Crippen molar-refractivity contribution in [2.24, 2.45) is 5.92 Å². The van der Waals surface area contributed by atoms with Gasteiger partial charge in [-0.1, -0.05) is 54.6 Å². The average molecular weight is 364 g/mol. The van der Waals surface area contributed by atoms with Crippen LogP contribution in [0.3, 0.4) is 0 Å². The van der Waals surface area contributed by atoms with Gasteiger partial charge in [-0.3, -0.25) is 9.59 Å². The normalized spacial score (nSPS) is 14.8. The number of carbonyl (C=O) groups excluding carboxylic acids is 2. The number of hydrogen-bond acceptors (Lipinski definition) is 2. The third-order valence-electron chi connectivity index (χ3n) is 5.44. The van der Waals surface area contributed by atoms with Gasteiger partial charge in [-0.25, -0.2) is 0 Å². The van der Waals surface area contributed by atoms with Crippen LogP contribution in [0, 0.1) is 12.8 Å². The zero-order valence-electron chi connectivity index (χ0n) is 16.2. The summed E-state index contributed by atoms with van der Waals surface area (Å²) in [6.07, 6.45) is 1.94. The van der Waals surface area contributed by atoms with E-state index in [2.05, 4.69) is 0 Å². The Labute approximate surface area is 161 Å². The summed E-state index contributed by atoms with van der Waals surface area (Å²) in [4.78, 5) is 29.1. The largest absolute Gasteiger partial charge is 0.342 e. The first-order valence-corrected chi connectivity index (χ1v) is 9.66. The summed E-state index contributed by atoms with van der Waals surface area (Å²) in [6, 6.07) is 18.1. The van der Waals surface area contributed by atoms with Crippen LogP contribution in [-0.2, 0) is 22.6 Å². The molecule has 1 heterocycles. The Morgan fingerprint density at radius 3 is 2.30 bits per heavy atom. The van der Waals surface area contributed by atoms with Crippen LogP contribution in [0.2, 0.25) is 0 Å². The highest BCUT2D eigenvalue weighted by Gasteiger charge is 2.29. The fourth-order valence-corrected chi connectivity index (χ4v) is 3.71. The second-order valence-electron chi connectivity index (χ2n) is 7.44. The van der Waals surface area contributed by atoms with Gasteiger partial charge in [-0.2, -0.15) is 0 Å². The van der Waals surface area contributed by atoms with Crippen LogP contribution in [0.25, 0.3) is 0 Å². The maximum atomic E-state index is 12.7. The summed E-state index contributed by atoms with van der Waals surface area (Å²) < 4.78 is 0. The fourth-order valence-electron chi connectivity index (χ4n) is 3.71. The molecule has 0 spiro atoms. The number of piperidine rings is 1. The van der Waals surface area contributed by atoms with Gasteiger partial charge in [0.15, 0.2) is 0 Å². The molecule has 4 heteroatoms. The average Bonchev–Trinajstić information content (AvgIpc) is 2.70. The van der Waals surface area contributed by atoms with E-state index in [0.717, 1.165) is 29.5 Å². The SMILES string of the molecule is Cc1ccccc1CC(=O)N1CCC(C(=O)N(C)Cc2ccccc2)CC1. The molecule has 0 atom stereocenters. The molecule has 0 N–H and O–H groups in total. The molecule has 1 saturated heterocycles. The fraction of sp³-hybridized carbons (Fsp3) is 0.391. The molecule has 0 bridgehead atoms. The van der Waals surface area contributed by atoms with Crippen molar-refractivity contribution < 1.29 is 9.59 Å². The highest BCUT2D eigenvalue weighted by molar-refractivity contribution is 5.81. The summed E-state index contributed by atoms with van der Waals surface area (Å²) >= 11 is 0. The molecule has 2 aromatic carbocycles. The molecule has 27 heavy (non-hydrogen) atoms. The molecule has 0 aliphatic carbocycles. The first-order valence-electron chi connectivity index (χ1n) is 9.66. The van der Waals surface area contributed by atoms with Gasteiger partial charge in [0.1, 0.15) is 0 Å². The molecule has 1 aliphatic heterocycles. The van der Waals surface area contributed by atoms with Crippen LogP contribution in [0.5, 0.6) is 0 Å². The Balaban J connectivity index is 1.50. The lowest BCUT2D eigenvalue weighted by Gasteiger charge is -2.33. The van der Waals surface area contributed by atoms with Crippen molar-refractivity contribution in [1.82, 2.24) is 9.80 Å². The minimum absolute atomic E-state index is 0.0150. The van der Waals surface area contributed by atoms with Gasteiger partial charge in [0.2, 0.25) is 11.8 Å². The number of hydrogen-bond donors (Lipinski definition) is 0. The van der Waals surface area contributed by atoms with Crippen LogP contribution in [-0.4, -0.2) is 41.8 Å². The van der Waals surface area contributed by atoms with Crippen molar-refractivity contribution in [2.45, 2.75) is 32.7 Å². The van der Waals surface area contributed by atoms with Gasteiger partial charge in [0, 0.05) is 32.6 Å². The van der Waals surface area contributed by atoms with Gasteiger partial charge < -0.3 is 9.80 Å². The third-order valence-corrected chi connectivity index (χ3v) is 5.44. The molecule has 4 nitrogen and oxygen atoms in total. The number of carbonyl (C=O) groups is 2. The molecule has 0 aromatic heterocycles. The first kappa shape index (κ1) is 19.2. The molecule has 2 amide bonds. The van der Waals surface area contributed by atoms with E-state index in [1.165, 1.54) is 0 Å². The highest BCUT2D eigenvalue weighted by atomic mass is 16.2. The number of nitrogens with zero attached hydrogens (tertiary/aromatic N) is 2. The van der Waals surface area contributed by atoms with Gasteiger partial charge in [-0.15, -0.1) is 0 Å². The summed E-state index contributed by atoms with van der Waals surface area (Å²) in [7, 11) is 1.87. The zero-order valence-corrected chi connectivity index (χ0v) is 16.2. The predicted molar refractivity (Wildman–Crippen MR) is 107 cm³/mol. The Hall–Kier alpha value is -2.62. The monoisotopic (exact) mass is 364 g/mol. The quantitative estimate of drug-likeness (QED) is 0.815. The summed E-state index contributed by atoms with van der Waals surface area (Å²) in [5.41, 5.74) is 3.38. The Bertz CT molecular complexity index is 780. The smallest absolute Gasteiger partial charge is 0.226 e. The van der Waals surface area contributed by atoms with E-state index in [1.807, 2.05) is 78.4 Å². The number of likely N-dealkylation sites (tertiary alicyclic amines) is 1. The van der Waals surface area contributed by atoms with Gasteiger partial charge in [-0.05, 0) is 36.5 Å². The molecule has 0 radical (unpaired) electrons. The van der Waals surface area contributed by atoms with Gasteiger partial charge in [0.05, 0.1) is 6.42 Å². The Morgan fingerprint density at radius 1 is 1.00 bits per heavy atom. The van der Waals surface area contributed by atoms with E-state index in [0.29, 0.717) is 26.1 Å². The minimum atomic E-state index is 0.0150. The number of aryl methyl sites for hydroxylation is 1. The van der Waals surface area contributed by atoms with Crippen LogP contribution < -0.4 is 0 Å². The second-order valence-corrected chi connectivity index (χ2v) is 7.44. The Kier molecular flexibility index (Phi) is 6.28. The summed E-state index contributed by atoms with van der Waals surface area (Å²) in [5.74, 6) is 0.360. The van der Waals surface area contributed by atoms with Crippen molar-refractivity contribution in [1.29, 1.82) is 0 Å². The third kappa shape index (κ3) is 4.97. The number of rotatable bonds is 5.